The van der Waals surface area contributed by atoms with Gasteiger partial charge in [0.2, 0.25) is 5.91 Å². The molecule has 0 aliphatic carbocycles. The molecule has 0 saturated carbocycles. The minimum Gasteiger partial charge on any atom is -0.354 e. The van der Waals surface area contributed by atoms with Crippen molar-refractivity contribution in [2.45, 2.75) is 46.7 Å². The number of carbonyl (C=O) groups is 2. The van der Waals surface area contributed by atoms with Crippen molar-refractivity contribution in [3.8, 4) is 11.3 Å². The number of nitrogens with zero attached hydrogens (tertiary/aromatic N) is 2. The Bertz CT molecular complexity index is 1050. The monoisotopic (exact) mass is 418 g/mol. The molecule has 0 fully saturated rings. The van der Waals surface area contributed by atoms with Crippen LogP contribution in [0.3, 0.4) is 0 Å². The smallest absolute Gasteiger partial charge is 0.255 e. The van der Waals surface area contributed by atoms with Gasteiger partial charge in [-0.15, -0.1) is 0 Å². The molecular formula is C25H30N4O2. The second kappa shape index (κ2) is 10.1. The number of carbonyl (C=O) groups excluding carboxylic acids is 2. The van der Waals surface area contributed by atoms with Gasteiger partial charge in [0.25, 0.3) is 5.91 Å². The number of hydrogen-bond acceptors (Lipinski definition) is 3. The van der Waals surface area contributed by atoms with Crippen LogP contribution in [0.5, 0.6) is 0 Å². The number of aryl methyl sites for hydroxylation is 2. The molecule has 2 amide bonds. The Hall–Kier alpha value is -3.41. The maximum absolute atomic E-state index is 13.0. The molecule has 0 spiro atoms. The molecule has 0 saturated heterocycles. The molecule has 6 heteroatoms. The number of aromatic nitrogens is 2. The largest absolute Gasteiger partial charge is 0.354 e. The fraction of sp³-hybridized carbons (Fsp3) is 0.320. The molecule has 0 aliphatic rings. The molecule has 3 aromatic rings. The molecule has 0 bridgehead atoms. The van der Waals surface area contributed by atoms with Crippen molar-refractivity contribution in [3.05, 3.63) is 77.0 Å². The molecule has 0 aliphatic heterocycles. The molecule has 31 heavy (non-hydrogen) atoms. The molecule has 3 rings (SSSR count). The normalized spacial score (nSPS) is 10.9. The van der Waals surface area contributed by atoms with Crippen LogP contribution < -0.4 is 10.6 Å². The SMILES string of the molecule is Cc1ccc(-c2nn(Cc3ccccc3)cc2C(=O)NCCC(=O)NC(C)C)cc1C. The average molecular weight is 419 g/mol. The van der Waals surface area contributed by atoms with Crippen molar-refractivity contribution in [2.24, 2.45) is 0 Å². The van der Waals surface area contributed by atoms with Gasteiger partial charge in [0, 0.05) is 30.8 Å². The van der Waals surface area contributed by atoms with Crippen molar-refractivity contribution >= 4 is 11.8 Å². The van der Waals surface area contributed by atoms with Gasteiger partial charge in [0.1, 0.15) is 5.69 Å². The van der Waals surface area contributed by atoms with Crippen molar-refractivity contribution in [2.75, 3.05) is 6.54 Å². The number of amides is 2. The quantitative estimate of drug-likeness (QED) is 0.583. The van der Waals surface area contributed by atoms with Crippen LogP contribution in [-0.4, -0.2) is 34.2 Å². The summed E-state index contributed by atoms with van der Waals surface area (Å²) in [5.74, 6) is -0.311. The van der Waals surface area contributed by atoms with E-state index in [4.69, 9.17) is 5.10 Å². The molecule has 162 valence electrons. The summed E-state index contributed by atoms with van der Waals surface area (Å²) in [4.78, 5) is 24.8. The van der Waals surface area contributed by atoms with Gasteiger partial charge in [-0.3, -0.25) is 14.3 Å². The van der Waals surface area contributed by atoms with Crippen molar-refractivity contribution < 1.29 is 9.59 Å². The predicted octanol–water partition coefficient (Wildman–Crippen LogP) is 3.86. The zero-order valence-corrected chi connectivity index (χ0v) is 18.6. The Labute approximate surface area is 183 Å². The van der Waals surface area contributed by atoms with Gasteiger partial charge in [0.15, 0.2) is 0 Å². The molecule has 2 aromatic carbocycles. The molecule has 0 radical (unpaired) electrons. The highest BCUT2D eigenvalue weighted by atomic mass is 16.2. The fourth-order valence-electron chi connectivity index (χ4n) is 3.32. The molecular weight excluding hydrogens is 388 g/mol. The molecule has 1 heterocycles. The molecule has 1 aromatic heterocycles. The van der Waals surface area contributed by atoms with Crippen LogP contribution in [0.2, 0.25) is 0 Å². The summed E-state index contributed by atoms with van der Waals surface area (Å²) in [7, 11) is 0. The molecule has 2 N–H and O–H groups in total. The topological polar surface area (TPSA) is 76.0 Å². The van der Waals surface area contributed by atoms with E-state index in [1.165, 1.54) is 5.56 Å². The van der Waals surface area contributed by atoms with Crippen molar-refractivity contribution in [3.63, 3.8) is 0 Å². The summed E-state index contributed by atoms with van der Waals surface area (Å²) >= 11 is 0. The van der Waals surface area contributed by atoms with Crippen LogP contribution in [0.25, 0.3) is 11.3 Å². The van der Waals surface area contributed by atoms with E-state index in [1.807, 2.05) is 63.2 Å². The maximum Gasteiger partial charge on any atom is 0.255 e. The highest BCUT2D eigenvalue weighted by Gasteiger charge is 2.19. The Morgan fingerprint density at radius 1 is 1.03 bits per heavy atom. The number of nitrogens with one attached hydrogen (secondary N) is 2. The lowest BCUT2D eigenvalue weighted by Crippen LogP contribution is -2.34. The van der Waals surface area contributed by atoms with E-state index in [2.05, 4.69) is 23.6 Å². The van der Waals surface area contributed by atoms with Gasteiger partial charge < -0.3 is 10.6 Å². The number of benzene rings is 2. The molecule has 0 atom stereocenters. The fourth-order valence-corrected chi connectivity index (χ4v) is 3.32. The van der Waals surface area contributed by atoms with E-state index in [-0.39, 0.29) is 30.8 Å². The summed E-state index contributed by atoms with van der Waals surface area (Å²) in [6, 6.07) is 16.2. The van der Waals surface area contributed by atoms with Crippen LogP contribution in [0.15, 0.2) is 54.7 Å². The number of hydrogen-bond donors (Lipinski definition) is 2. The lowest BCUT2D eigenvalue weighted by Gasteiger charge is -2.09. The minimum atomic E-state index is -0.232. The third-order valence-electron chi connectivity index (χ3n) is 5.06. The van der Waals surface area contributed by atoms with Gasteiger partial charge in [-0.1, -0.05) is 42.5 Å². The summed E-state index contributed by atoms with van der Waals surface area (Å²) in [6.07, 6.45) is 2.02. The van der Waals surface area contributed by atoms with E-state index in [0.29, 0.717) is 17.8 Å². The Morgan fingerprint density at radius 3 is 2.45 bits per heavy atom. The van der Waals surface area contributed by atoms with Crippen LogP contribution >= 0.6 is 0 Å². The summed E-state index contributed by atoms with van der Waals surface area (Å²) in [5.41, 5.74) is 5.49. The first-order valence-corrected chi connectivity index (χ1v) is 10.6. The van der Waals surface area contributed by atoms with Crippen molar-refractivity contribution in [1.29, 1.82) is 0 Å². The summed E-state index contributed by atoms with van der Waals surface area (Å²) in [6.45, 7) is 8.77. The average Bonchev–Trinajstić information content (AvgIpc) is 3.14. The van der Waals surface area contributed by atoms with Crippen molar-refractivity contribution in [1.82, 2.24) is 20.4 Å². The lowest BCUT2D eigenvalue weighted by molar-refractivity contribution is -0.121. The first kappa shape index (κ1) is 22.3. The zero-order chi connectivity index (χ0) is 22.4. The second-order valence-corrected chi connectivity index (χ2v) is 8.10. The highest BCUT2D eigenvalue weighted by Crippen LogP contribution is 2.25. The maximum atomic E-state index is 13.0. The van der Waals surface area contributed by atoms with Crippen LogP contribution in [0.1, 0.15) is 47.3 Å². The van der Waals surface area contributed by atoms with E-state index in [0.717, 1.165) is 16.7 Å². The zero-order valence-electron chi connectivity index (χ0n) is 18.6. The third kappa shape index (κ3) is 6.04. The van der Waals surface area contributed by atoms with Gasteiger partial charge >= 0.3 is 0 Å². The predicted molar refractivity (Wildman–Crippen MR) is 123 cm³/mol. The summed E-state index contributed by atoms with van der Waals surface area (Å²) in [5, 5.41) is 10.4. The van der Waals surface area contributed by atoms with E-state index < -0.39 is 0 Å². The lowest BCUT2D eigenvalue weighted by atomic mass is 10.0. The first-order chi connectivity index (χ1) is 14.8. The summed E-state index contributed by atoms with van der Waals surface area (Å²) < 4.78 is 1.79. The standard InChI is InChI=1S/C25H30N4O2/c1-17(2)27-23(30)12-13-26-25(31)22-16-29(15-20-8-6-5-7-9-20)28-24(22)21-11-10-18(3)19(4)14-21/h5-11,14,16-17H,12-13,15H2,1-4H3,(H,26,31)(H,27,30). The third-order valence-corrected chi connectivity index (χ3v) is 5.06. The van der Waals surface area contributed by atoms with Crippen LogP contribution in [-0.2, 0) is 11.3 Å². The Morgan fingerprint density at radius 2 is 1.77 bits per heavy atom. The van der Waals surface area contributed by atoms with Gasteiger partial charge in [-0.2, -0.15) is 5.10 Å². The van der Waals surface area contributed by atoms with Gasteiger partial charge in [0.05, 0.1) is 12.1 Å². The van der Waals surface area contributed by atoms with E-state index >= 15 is 0 Å². The highest BCUT2D eigenvalue weighted by molar-refractivity contribution is 6.00. The van der Waals surface area contributed by atoms with Crippen LogP contribution in [0, 0.1) is 13.8 Å². The minimum absolute atomic E-state index is 0.0792. The molecule has 6 nitrogen and oxygen atoms in total. The molecule has 0 unspecified atom stereocenters. The Balaban J connectivity index is 1.83. The first-order valence-electron chi connectivity index (χ1n) is 10.6. The van der Waals surface area contributed by atoms with E-state index in [9.17, 15) is 9.59 Å². The van der Waals surface area contributed by atoms with E-state index in [1.54, 1.807) is 10.9 Å². The Kier molecular flexibility index (Phi) is 7.23. The van der Waals surface area contributed by atoms with Crippen LogP contribution in [0.4, 0.5) is 0 Å². The number of rotatable bonds is 8. The van der Waals surface area contributed by atoms with Gasteiger partial charge in [-0.25, -0.2) is 0 Å². The van der Waals surface area contributed by atoms with Gasteiger partial charge in [-0.05, 0) is 50.5 Å². The second-order valence-electron chi connectivity index (χ2n) is 8.10.